The average molecular weight is 127 g/mol. The van der Waals surface area contributed by atoms with Crippen LogP contribution in [-0.2, 0) is 0 Å². The molecule has 4 heteroatoms. The molecule has 0 bridgehead atoms. The predicted octanol–water partition coefficient (Wildman–Crippen LogP) is -0.897. The molecule has 0 aliphatic carbocycles. The first-order chi connectivity index (χ1) is 1.73. The second-order valence-corrected chi connectivity index (χ2v) is 2.23. The molecule has 0 radical (unpaired) electrons. The normalized spacial score (nSPS) is 7.20. The number of alkyl halides is 3. The molecule has 0 amide bonds. The Bertz CT molecular complexity index is 15.5. The topological polar surface area (TPSA) is 0 Å². The molecule has 0 aromatic rings. The van der Waals surface area contributed by atoms with Gasteiger partial charge < -0.3 is 1.43 Å². The number of rotatable bonds is 0. The largest absolute Gasteiger partial charge is 1.00 e. The molecule has 0 atom stereocenters. The van der Waals surface area contributed by atoms with Gasteiger partial charge >= 0.3 is 18.9 Å². The van der Waals surface area contributed by atoms with Gasteiger partial charge in [-0.25, -0.2) is 0 Å². The third-order valence-electron chi connectivity index (χ3n) is 0. The molecule has 0 rings (SSSR count). The Morgan fingerprint density at radius 1 is 1.20 bits per heavy atom. The quantitative estimate of drug-likeness (QED) is 0.292. The molecule has 0 aromatic heterocycles. The third kappa shape index (κ3) is 30.5. The van der Waals surface area contributed by atoms with Crippen molar-refractivity contribution >= 4 is 34.8 Å². The van der Waals surface area contributed by atoms with Crippen LogP contribution in [0.2, 0.25) is 0 Å². The van der Waals surface area contributed by atoms with Gasteiger partial charge in [-0.3, -0.25) is 0 Å². The third-order valence-corrected chi connectivity index (χ3v) is 0. The van der Waals surface area contributed by atoms with E-state index in [9.17, 15) is 0 Å². The van der Waals surface area contributed by atoms with Crippen LogP contribution >= 0.6 is 34.8 Å². The molecule has 0 nitrogen and oxygen atoms in total. The van der Waals surface area contributed by atoms with E-state index in [0.717, 1.165) is 0 Å². The second kappa shape index (κ2) is 5.47. The van der Waals surface area contributed by atoms with Gasteiger partial charge in [-0.2, -0.15) is 0 Å². The van der Waals surface area contributed by atoms with Gasteiger partial charge in [-0.05, 0) is 0 Å². The Morgan fingerprint density at radius 3 is 1.20 bits per heavy atom. The van der Waals surface area contributed by atoms with Crippen LogP contribution in [-0.4, -0.2) is 4.30 Å². The van der Waals surface area contributed by atoms with Crippen molar-refractivity contribution in [3.05, 3.63) is 0 Å². The van der Waals surface area contributed by atoms with Crippen molar-refractivity contribution in [3.8, 4) is 0 Å². The van der Waals surface area contributed by atoms with Gasteiger partial charge in [0.05, 0.1) is 0 Å². The summed E-state index contributed by atoms with van der Waals surface area (Å²) in [5.41, 5.74) is 0. The van der Waals surface area contributed by atoms with Crippen LogP contribution in [0.15, 0.2) is 0 Å². The van der Waals surface area contributed by atoms with Gasteiger partial charge in [0.15, 0.2) is 4.30 Å². The van der Waals surface area contributed by atoms with E-state index in [2.05, 4.69) is 0 Å². The minimum atomic E-state index is -0.750. The van der Waals surface area contributed by atoms with E-state index in [1.54, 1.807) is 0 Å². The average Bonchev–Trinajstić information content (AvgIpc) is 0.811. The summed E-state index contributed by atoms with van der Waals surface area (Å²) in [5, 5.41) is 0. The van der Waals surface area contributed by atoms with Crippen LogP contribution in [0.3, 0.4) is 0 Å². The first-order valence-corrected chi connectivity index (χ1v) is 1.96. The van der Waals surface area contributed by atoms with E-state index in [4.69, 9.17) is 34.8 Å². The molecule has 0 unspecified atom stereocenters. The van der Waals surface area contributed by atoms with Crippen molar-refractivity contribution in [1.82, 2.24) is 0 Å². The number of halogens is 3. The Balaban J connectivity index is -0.0000000450. The summed E-state index contributed by atoms with van der Waals surface area (Å²) in [6, 6.07) is 0. The zero-order valence-corrected chi connectivity index (χ0v) is 4.98. The first kappa shape index (κ1) is 9.69. The Hall–Kier alpha value is 1.47. The van der Waals surface area contributed by atoms with Crippen molar-refractivity contribution in [2.45, 2.75) is 4.30 Å². The molecule has 0 saturated heterocycles. The molecule has 28 valence electrons. The maximum absolute atomic E-state index is 4.81. The molecular weight excluding hydrogens is 125 g/mol. The SMILES string of the molecule is ClC(Cl)Cl.[H-].[Li+]. The van der Waals surface area contributed by atoms with Gasteiger partial charge in [-0.1, -0.05) is 34.8 Å². The molecule has 0 aliphatic rings. The van der Waals surface area contributed by atoms with E-state index < -0.39 is 4.30 Å². The van der Waals surface area contributed by atoms with Crippen molar-refractivity contribution in [2.24, 2.45) is 0 Å². The van der Waals surface area contributed by atoms with Crippen LogP contribution < -0.4 is 18.9 Å². The zero-order chi connectivity index (χ0) is 3.58. The molecular formula is CH2Cl3Li. The summed E-state index contributed by atoms with van der Waals surface area (Å²) in [4.78, 5) is 0. The maximum Gasteiger partial charge on any atom is 1.00 e. The molecule has 5 heavy (non-hydrogen) atoms. The number of hydrogen-bond donors (Lipinski definition) is 0. The van der Waals surface area contributed by atoms with Crippen molar-refractivity contribution in [1.29, 1.82) is 0 Å². The Labute approximate surface area is 59.4 Å². The van der Waals surface area contributed by atoms with Crippen LogP contribution in [0.1, 0.15) is 1.43 Å². The summed E-state index contributed by atoms with van der Waals surface area (Å²) < 4.78 is -0.750. The van der Waals surface area contributed by atoms with Crippen molar-refractivity contribution in [3.63, 3.8) is 0 Å². The molecule has 0 heterocycles. The van der Waals surface area contributed by atoms with Gasteiger partial charge in [0.2, 0.25) is 0 Å². The second-order valence-electron chi connectivity index (χ2n) is 0.247. The summed E-state index contributed by atoms with van der Waals surface area (Å²) in [6.07, 6.45) is 0. The van der Waals surface area contributed by atoms with E-state index in [1.807, 2.05) is 0 Å². The fourth-order valence-corrected chi connectivity index (χ4v) is 0. The summed E-state index contributed by atoms with van der Waals surface area (Å²) in [5.74, 6) is 0. The fraction of sp³-hybridized carbons (Fsp3) is 1.00. The van der Waals surface area contributed by atoms with E-state index in [-0.39, 0.29) is 20.3 Å². The first-order valence-electron chi connectivity index (χ1n) is 0.655. The van der Waals surface area contributed by atoms with Crippen LogP contribution in [0.25, 0.3) is 0 Å². The maximum atomic E-state index is 4.81. The van der Waals surface area contributed by atoms with Gasteiger partial charge in [0.1, 0.15) is 0 Å². The van der Waals surface area contributed by atoms with Crippen LogP contribution in [0, 0.1) is 0 Å². The molecule has 0 fully saturated rings. The molecule has 0 spiro atoms. The summed E-state index contributed by atoms with van der Waals surface area (Å²) >= 11 is 14.4. The zero-order valence-electron chi connectivity index (χ0n) is 3.71. The van der Waals surface area contributed by atoms with E-state index >= 15 is 0 Å². The molecule has 0 N–H and O–H groups in total. The minimum absolute atomic E-state index is 0. The summed E-state index contributed by atoms with van der Waals surface area (Å²) in [7, 11) is 0. The smallest absolute Gasteiger partial charge is 1.00 e. The Morgan fingerprint density at radius 2 is 1.20 bits per heavy atom. The van der Waals surface area contributed by atoms with Crippen LogP contribution in [0.5, 0.6) is 0 Å². The standard InChI is InChI=1S/CHCl3.Li.H/c2-1(3)4;;/h1H;;/q;+1;-1. The van der Waals surface area contributed by atoms with Gasteiger partial charge in [-0.15, -0.1) is 0 Å². The van der Waals surface area contributed by atoms with Crippen LogP contribution in [0.4, 0.5) is 0 Å². The summed E-state index contributed by atoms with van der Waals surface area (Å²) in [6.45, 7) is 0. The Kier molecular flexibility index (Phi) is 10.6. The van der Waals surface area contributed by atoms with Crippen molar-refractivity contribution < 1.29 is 20.3 Å². The van der Waals surface area contributed by atoms with E-state index in [0.29, 0.717) is 0 Å². The van der Waals surface area contributed by atoms with Gasteiger partial charge in [0.25, 0.3) is 0 Å². The molecule has 0 aliphatic heterocycles. The molecule has 0 saturated carbocycles. The van der Waals surface area contributed by atoms with Crippen molar-refractivity contribution in [2.75, 3.05) is 0 Å². The minimum Gasteiger partial charge on any atom is -1.00 e. The van der Waals surface area contributed by atoms with E-state index in [1.165, 1.54) is 0 Å². The number of hydrogen-bond acceptors (Lipinski definition) is 0. The van der Waals surface area contributed by atoms with Gasteiger partial charge in [0, 0.05) is 0 Å². The fourth-order valence-electron chi connectivity index (χ4n) is 0. The monoisotopic (exact) mass is 126 g/mol. The predicted molar refractivity (Wildman–Crippen MR) is 22.5 cm³/mol. The molecule has 0 aromatic carbocycles.